The third-order valence-electron chi connectivity index (χ3n) is 6.64. The van der Waals surface area contributed by atoms with Gasteiger partial charge in [-0.1, -0.05) is 36.4 Å². The van der Waals surface area contributed by atoms with Crippen LogP contribution in [0.15, 0.2) is 72.8 Å². The molecule has 0 bridgehead atoms. The maximum Gasteiger partial charge on any atom is 0.245 e. The van der Waals surface area contributed by atoms with E-state index in [1.165, 1.54) is 4.90 Å². The number of allylic oxidation sites excluding steroid dienone is 1. The fourth-order valence-electron chi connectivity index (χ4n) is 4.69. The number of phenolic OH excluding ortho intramolecular Hbond substituents is 1. The quantitative estimate of drug-likeness (QED) is 0.282. The number of carbonyl (C=O) groups is 1. The Balaban J connectivity index is 1.54. The summed E-state index contributed by atoms with van der Waals surface area (Å²) >= 11 is 0. The highest BCUT2D eigenvalue weighted by molar-refractivity contribution is 6.00. The van der Waals surface area contributed by atoms with Crippen LogP contribution < -0.4 is 10.1 Å². The van der Waals surface area contributed by atoms with Crippen molar-refractivity contribution in [3.8, 4) is 11.5 Å². The molecule has 0 fully saturated rings. The average Bonchev–Trinajstić information content (AvgIpc) is 3.07. The second-order valence-corrected chi connectivity index (χ2v) is 9.74. The van der Waals surface area contributed by atoms with Gasteiger partial charge in [0.2, 0.25) is 5.91 Å². The third-order valence-corrected chi connectivity index (χ3v) is 6.64. The number of benzene rings is 3. The number of nitrogens with zero attached hydrogens (tertiary/aromatic N) is 1. The molecule has 3 aromatic carbocycles. The van der Waals surface area contributed by atoms with Gasteiger partial charge in [0.05, 0.1) is 0 Å². The van der Waals surface area contributed by atoms with Gasteiger partial charge in [0.25, 0.3) is 0 Å². The number of amides is 1. The summed E-state index contributed by atoms with van der Waals surface area (Å²) in [6, 6.07) is 18.8. The molecule has 1 amide bonds. The van der Waals surface area contributed by atoms with Crippen molar-refractivity contribution >= 4 is 17.1 Å². The standard InChI is InChI=1S/C32H35FN2O3/c1-22-9-15-28(30(33)20-22)29-7-4-6-24-21-25(36)12-16-27(24)32(29)23-10-13-26(14-11-23)38-19-18-34-17-5-8-31(37)35(2)3/h5,8-16,20-21,34,36H,4,6-7,17-19H2,1-3H3/b8-5+. The number of aromatic hydroxyl groups is 1. The van der Waals surface area contributed by atoms with Crippen molar-refractivity contribution in [1.29, 1.82) is 0 Å². The first kappa shape index (κ1) is 27.1. The molecule has 1 aliphatic rings. The van der Waals surface area contributed by atoms with Crippen LogP contribution in [0, 0.1) is 12.7 Å². The molecular formula is C32H35FN2O3. The zero-order valence-corrected chi connectivity index (χ0v) is 22.3. The number of nitrogens with one attached hydrogen (secondary N) is 1. The summed E-state index contributed by atoms with van der Waals surface area (Å²) in [5, 5.41) is 13.3. The van der Waals surface area contributed by atoms with E-state index in [0.29, 0.717) is 25.3 Å². The van der Waals surface area contributed by atoms with Gasteiger partial charge in [0, 0.05) is 38.8 Å². The summed E-state index contributed by atoms with van der Waals surface area (Å²) in [6.45, 7) is 3.61. The molecule has 38 heavy (non-hydrogen) atoms. The largest absolute Gasteiger partial charge is 0.508 e. The normalized spacial score (nSPS) is 13.4. The lowest BCUT2D eigenvalue weighted by molar-refractivity contribution is -0.123. The maximum atomic E-state index is 15.2. The molecule has 0 heterocycles. The first-order valence-electron chi connectivity index (χ1n) is 13.0. The molecule has 2 N–H and O–H groups in total. The van der Waals surface area contributed by atoms with E-state index in [1.54, 1.807) is 38.4 Å². The number of ether oxygens (including phenoxy) is 1. The van der Waals surface area contributed by atoms with Gasteiger partial charge in [-0.2, -0.15) is 0 Å². The first-order chi connectivity index (χ1) is 18.3. The minimum absolute atomic E-state index is 0.0420. The van der Waals surface area contributed by atoms with Crippen LogP contribution in [0.4, 0.5) is 4.39 Å². The van der Waals surface area contributed by atoms with E-state index in [-0.39, 0.29) is 17.5 Å². The monoisotopic (exact) mass is 514 g/mol. The van der Waals surface area contributed by atoms with Crippen LogP contribution >= 0.6 is 0 Å². The molecule has 0 saturated carbocycles. The van der Waals surface area contributed by atoms with Gasteiger partial charge in [-0.3, -0.25) is 4.79 Å². The molecule has 0 spiro atoms. The summed E-state index contributed by atoms with van der Waals surface area (Å²) in [4.78, 5) is 13.1. The van der Waals surface area contributed by atoms with E-state index in [2.05, 4.69) is 5.32 Å². The first-order valence-corrected chi connectivity index (χ1v) is 13.0. The van der Waals surface area contributed by atoms with Crippen LogP contribution in [0.2, 0.25) is 0 Å². The second kappa shape index (κ2) is 12.6. The number of fused-ring (bicyclic) bond motifs is 1. The molecule has 0 aromatic heterocycles. The highest BCUT2D eigenvalue weighted by Gasteiger charge is 2.22. The number of rotatable bonds is 9. The third kappa shape index (κ3) is 6.69. The van der Waals surface area contributed by atoms with Gasteiger partial charge in [0.1, 0.15) is 23.9 Å². The molecule has 198 valence electrons. The summed E-state index contributed by atoms with van der Waals surface area (Å²) in [7, 11) is 3.44. The summed E-state index contributed by atoms with van der Waals surface area (Å²) in [6.07, 6.45) is 5.77. The van der Waals surface area contributed by atoms with E-state index in [1.807, 2.05) is 55.5 Å². The van der Waals surface area contributed by atoms with Crippen molar-refractivity contribution in [1.82, 2.24) is 10.2 Å². The summed E-state index contributed by atoms with van der Waals surface area (Å²) < 4.78 is 21.1. The predicted molar refractivity (Wildman–Crippen MR) is 151 cm³/mol. The van der Waals surface area contributed by atoms with Crippen LogP contribution in [0.1, 0.15) is 40.7 Å². The van der Waals surface area contributed by atoms with Crippen molar-refractivity contribution in [2.24, 2.45) is 0 Å². The molecule has 0 atom stereocenters. The zero-order valence-electron chi connectivity index (χ0n) is 22.3. The number of aryl methyl sites for hydroxylation is 2. The average molecular weight is 515 g/mol. The Hall–Kier alpha value is -3.90. The summed E-state index contributed by atoms with van der Waals surface area (Å²) in [5.74, 6) is 0.732. The molecular weight excluding hydrogens is 479 g/mol. The van der Waals surface area contributed by atoms with E-state index in [0.717, 1.165) is 58.4 Å². The highest BCUT2D eigenvalue weighted by Crippen LogP contribution is 2.41. The van der Waals surface area contributed by atoms with Crippen molar-refractivity contribution < 1.29 is 19.0 Å². The number of likely N-dealkylation sites (N-methyl/N-ethyl adjacent to an activating group) is 1. The van der Waals surface area contributed by atoms with Gasteiger partial charge in [0.15, 0.2) is 0 Å². The minimum Gasteiger partial charge on any atom is -0.508 e. The molecule has 0 unspecified atom stereocenters. The van der Waals surface area contributed by atoms with Crippen LogP contribution in [0.5, 0.6) is 11.5 Å². The molecule has 3 aromatic rings. The van der Waals surface area contributed by atoms with Crippen molar-refractivity contribution in [3.05, 3.63) is 106 Å². The van der Waals surface area contributed by atoms with E-state index in [9.17, 15) is 9.90 Å². The smallest absolute Gasteiger partial charge is 0.245 e. The number of phenols is 1. The molecule has 0 saturated heterocycles. The van der Waals surface area contributed by atoms with Crippen molar-refractivity contribution in [3.63, 3.8) is 0 Å². The molecule has 6 heteroatoms. The fourth-order valence-corrected chi connectivity index (χ4v) is 4.69. The van der Waals surface area contributed by atoms with Gasteiger partial charge in [-0.25, -0.2) is 4.39 Å². The number of halogens is 1. The van der Waals surface area contributed by atoms with E-state index in [4.69, 9.17) is 4.74 Å². The van der Waals surface area contributed by atoms with Gasteiger partial charge < -0.3 is 20.1 Å². The fraction of sp³-hybridized carbons (Fsp3) is 0.281. The highest BCUT2D eigenvalue weighted by atomic mass is 19.1. The molecule has 5 nitrogen and oxygen atoms in total. The molecule has 0 radical (unpaired) electrons. The topological polar surface area (TPSA) is 61.8 Å². The number of hydrogen-bond acceptors (Lipinski definition) is 4. The lowest BCUT2D eigenvalue weighted by Gasteiger charge is -2.18. The Kier molecular flexibility index (Phi) is 8.98. The minimum atomic E-state index is -0.215. The Morgan fingerprint density at radius 2 is 1.82 bits per heavy atom. The number of carbonyl (C=O) groups excluding carboxylic acids is 1. The van der Waals surface area contributed by atoms with E-state index < -0.39 is 0 Å². The van der Waals surface area contributed by atoms with Gasteiger partial charge in [-0.15, -0.1) is 0 Å². The van der Waals surface area contributed by atoms with Crippen LogP contribution in [-0.4, -0.2) is 49.7 Å². The second-order valence-electron chi connectivity index (χ2n) is 9.74. The number of hydrogen-bond donors (Lipinski definition) is 2. The molecule has 0 aliphatic heterocycles. The Morgan fingerprint density at radius 1 is 1.05 bits per heavy atom. The van der Waals surface area contributed by atoms with Crippen molar-refractivity contribution in [2.75, 3.05) is 33.8 Å². The molecule has 1 aliphatic carbocycles. The van der Waals surface area contributed by atoms with Crippen LogP contribution in [-0.2, 0) is 11.2 Å². The predicted octanol–water partition coefficient (Wildman–Crippen LogP) is 5.75. The van der Waals surface area contributed by atoms with Gasteiger partial charge in [-0.05, 0) is 89.9 Å². The lowest BCUT2D eigenvalue weighted by Crippen LogP contribution is -2.22. The van der Waals surface area contributed by atoms with Gasteiger partial charge >= 0.3 is 0 Å². The SMILES string of the molecule is Cc1ccc(C2=C(c3ccc(OCCNC/C=C/C(=O)N(C)C)cc3)c3ccc(O)cc3CCC2)c(F)c1. The van der Waals surface area contributed by atoms with Crippen molar-refractivity contribution in [2.45, 2.75) is 26.2 Å². The van der Waals surface area contributed by atoms with Crippen LogP contribution in [0.3, 0.4) is 0 Å². The summed E-state index contributed by atoms with van der Waals surface area (Å²) in [5.41, 5.74) is 6.55. The van der Waals surface area contributed by atoms with Crippen LogP contribution in [0.25, 0.3) is 11.1 Å². The Labute approximate surface area is 224 Å². The zero-order chi connectivity index (χ0) is 27.1. The Bertz CT molecular complexity index is 1340. The molecule has 4 rings (SSSR count). The Morgan fingerprint density at radius 3 is 2.55 bits per heavy atom. The lowest BCUT2D eigenvalue weighted by atomic mass is 9.87. The maximum absolute atomic E-state index is 15.2. The van der Waals surface area contributed by atoms with E-state index >= 15 is 4.39 Å².